The summed E-state index contributed by atoms with van der Waals surface area (Å²) in [4.78, 5) is 0. The summed E-state index contributed by atoms with van der Waals surface area (Å²) >= 11 is 0. The largest absolute Gasteiger partial charge is 0.455 e. The summed E-state index contributed by atoms with van der Waals surface area (Å²) in [6.45, 7) is 0. The maximum Gasteiger partial charge on any atom is 0.150 e. The Morgan fingerprint density at radius 3 is 1.75 bits per heavy atom. The van der Waals surface area contributed by atoms with Crippen LogP contribution in [0.4, 0.5) is 11.4 Å². The topological polar surface area (TPSA) is 70.5 Å². The van der Waals surface area contributed by atoms with E-state index in [4.69, 9.17) is 20.9 Å². The molecule has 0 amide bonds. The third-order valence-corrected chi connectivity index (χ3v) is 7.86. The van der Waals surface area contributed by atoms with Gasteiger partial charge >= 0.3 is 0 Å². The van der Waals surface area contributed by atoms with Crippen molar-refractivity contribution in [2.75, 3.05) is 11.5 Å². The van der Waals surface area contributed by atoms with Gasteiger partial charge in [0, 0.05) is 6.07 Å². The second-order valence-corrected chi connectivity index (χ2v) is 9.94. The first kappa shape index (κ1) is 19.5. The molecule has 3 aromatic rings. The molecule has 4 aliphatic rings. The molecule has 4 bridgehead atoms. The minimum Gasteiger partial charge on any atom is -0.455 e. The molecular formula is C28H30N2O2. The minimum absolute atomic E-state index is 0.554. The molecule has 0 heterocycles. The summed E-state index contributed by atoms with van der Waals surface area (Å²) in [5.41, 5.74) is 14.9. The number of nitrogens with two attached hydrogens (primary N) is 2. The van der Waals surface area contributed by atoms with Gasteiger partial charge in [-0.15, -0.1) is 0 Å². The van der Waals surface area contributed by atoms with E-state index in [-0.39, 0.29) is 0 Å². The van der Waals surface area contributed by atoms with E-state index < -0.39 is 0 Å². The number of hydrogen-bond acceptors (Lipinski definition) is 4. The van der Waals surface area contributed by atoms with Crippen LogP contribution in [0.3, 0.4) is 0 Å². The lowest BCUT2D eigenvalue weighted by molar-refractivity contribution is -0.00336. The fourth-order valence-electron chi connectivity index (χ4n) is 6.77. The molecule has 7 rings (SSSR count). The van der Waals surface area contributed by atoms with Gasteiger partial charge in [-0.1, -0.05) is 30.3 Å². The summed E-state index contributed by atoms with van der Waals surface area (Å²) in [5, 5.41) is 0. The van der Waals surface area contributed by atoms with Crippen LogP contribution < -0.4 is 20.9 Å². The van der Waals surface area contributed by atoms with Gasteiger partial charge < -0.3 is 20.9 Å². The van der Waals surface area contributed by atoms with E-state index in [0.29, 0.717) is 28.8 Å². The first-order valence-corrected chi connectivity index (χ1v) is 11.8. The SMILES string of the molecule is Nc1ccccc1Oc1ccc(C2C3CC4CC(C3)CC2C4)c(Oc2ccccc2N)c1. The molecule has 4 aliphatic carbocycles. The van der Waals surface area contributed by atoms with E-state index in [1.165, 1.54) is 37.7 Å². The summed E-state index contributed by atoms with van der Waals surface area (Å²) < 4.78 is 12.6. The normalized spacial score (nSPS) is 27.9. The van der Waals surface area contributed by atoms with Gasteiger partial charge in [0.25, 0.3) is 0 Å². The zero-order valence-electron chi connectivity index (χ0n) is 18.2. The van der Waals surface area contributed by atoms with Crippen molar-refractivity contribution in [1.29, 1.82) is 0 Å². The summed E-state index contributed by atoms with van der Waals surface area (Å²) in [7, 11) is 0. The smallest absolute Gasteiger partial charge is 0.150 e. The number of para-hydroxylation sites is 4. The van der Waals surface area contributed by atoms with Crippen LogP contribution >= 0.6 is 0 Å². The van der Waals surface area contributed by atoms with Gasteiger partial charge in [0.05, 0.1) is 11.4 Å². The highest BCUT2D eigenvalue weighted by Gasteiger charge is 2.49. The van der Waals surface area contributed by atoms with Crippen LogP contribution in [-0.2, 0) is 0 Å². The highest BCUT2D eigenvalue weighted by Crippen LogP contribution is 2.61. The molecule has 32 heavy (non-hydrogen) atoms. The standard InChI is InChI=1S/C28H30N2O2/c29-23-5-1-3-7-25(23)31-21-9-10-22(27(16-21)32-26-8-4-2-6-24(26)30)28-19-12-17-11-18(14-19)15-20(28)13-17/h1-10,16-20,28H,11-15,29-30H2. The molecule has 4 heteroatoms. The van der Waals surface area contributed by atoms with Crippen LogP contribution in [0.15, 0.2) is 66.7 Å². The third-order valence-electron chi connectivity index (χ3n) is 7.86. The lowest BCUT2D eigenvalue weighted by Crippen LogP contribution is -2.43. The van der Waals surface area contributed by atoms with E-state index in [1.807, 2.05) is 54.6 Å². The monoisotopic (exact) mass is 426 g/mol. The zero-order chi connectivity index (χ0) is 21.7. The number of benzene rings is 3. The Balaban J connectivity index is 1.38. The average molecular weight is 427 g/mol. The molecular weight excluding hydrogens is 396 g/mol. The third kappa shape index (κ3) is 3.48. The van der Waals surface area contributed by atoms with Crippen molar-refractivity contribution in [1.82, 2.24) is 0 Å². The molecule has 4 nitrogen and oxygen atoms in total. The molecule has 4 N–H and O–H groups in total. The van der Waals surface area contributed by atoms with Crippen molar-refractivity contribution in [3.8, 4) is 23.0 Å². The van der Waals surface area contributed by atoms with Crippen molar-refractivity contribution in [3.05, 3.63) is 72.3 Å². The lowest BCUT2D eigenvalue weighted by Gasteiger charge is -2.54. The predicted molar refractivity (Wildman–Crippen MR) is 128 cm³/mol. The van der Waals surface area contributed by atoms with Crippen molar-refractivity contribution >= 4 is 11.4 Å². The van der Waals surface area contributed by atoms with Gasteiger partial charge in [0.15, 0.2) is 0 Å². The quantitative estimate of drug-likeness (QED) is 0.432. The van der Waals surface area contributed by atoms with Gasteiger partial charge in [-0.2, -0.15) is 0 Å². The molecule has 0 spiro atoms. The summed E-state index contributed by atoms with van der Waals surface area (Å²) in [5.74, 6) is 6.87. The Hall–Kier alpha value is -3.14. The van der Waals surface area contributed by atoms with Crippen molar-refractivity contribution in [2.45, 2.75) is 38.0 Å². The Bertz CT molecular complexity index is 1110. The molecule has 164 valence electrons. The van der Waals surface area contributed by atoms with E-state index in [1.54, 1.807) is 0 Å². The number of nitrogen functional groups attached to an aromatic ring is 2. The number of ether oxygens (including phenoxy) is 2. The molecule has 0 radical (unpaired) electrons. The van der Waals surface area contributed by atoms with Crippen molar-refractivity contribution in [3.63, 3.8) is 0 Å². The number of rotatable bonds is 5. The van der Waals surface area contributed by atoms with Crippen LogP contribution in [0.25, 0.3) is 0 Å². The Morgan fingerprint density at radius 1 is 0.594 bits per heavy atom. The van der Waals surface area contributed by atoms with Crippen LogP contribution in [0.2, 0.25) is 0 Å². The second kappa shape index (κ2) is 7.77. The van der Waals surface area contributed by atoms with Crippen LogP contribution in [-0.4, -0.2) is 0 Å². The van der Waals surface area contributed by atoms with E-state index in [0.717, 1.165) is 35.2 Å². The van der Waals surface area contributed by atoms with Gasteiger partial charge in [-0.3, -0.25) is 0 Å². The maximum atomic E-state index is 6.47. The molecule has 0 saturated heterocycles. The number of anilines is 2. The lowest BCUT2D eigenvalue weighted by atomic mass is 9.50. The molecule has 0 atom stereocenters. The molecule has 0 aliphatic heterocycles. The Morgan fingerprint density at radius 2 is 1.16 bits per heavy atom. The first-order chi connectivity index (χ1) is 15.6. The molecule has 3 aromatic carbocycles. The van der Waals surface area contributed by atoms with Crippen LogP contribution in [0.5, 0.6) is 23.0 Å². The molecule has 4 fully saturated rings. The summed E-state index contributed by atoms with van der Waals surface area (Å²) in [6.07, 6.45) is 6.91. The van der Waals surface area contributed by atoms with E-state index in [9.17, 15) is 0 Å². The molecule has 4 saturated carbocycles. The average Bonchev–Trinajstić information content (AvgIpc) is 2.77. The molecule has 0 unspecified atom stereocenters. The zero-order valence-corrected chi connectivity index (χ0v) is 18.2. The van der Waals surface area contributed by atoms with E-state index in [2.05, 4.69) is 12.1 Å². The second-order valence-electron chi connectivity index (χ2n) is 9.94. The van der Waals surface area contributed by atoms with Gasteiger partial charge in [-0.25, -0.2) is 0 Å². The first-order valence-electron chi connectivity index (χ1n) is 11.8. The Kier molecular flexibility index (Phi) is 4.74. The summed E-state index contributed by atoms with van der Waals surface area (Å²) in [6, 6.07) is 21.6. The van der Waals surface area contributed by atoms with Gasteiger partial charge in [-0.05, 0) is 97.6 Å². The van der Waals surface area contributed by atoms with Crippen LogP contribution in [0.1, 0.15) is 43.6 Å². The molecule has 0 aromatic heterocycles. The van der Waals surface area contributed by atoms with E-state index >= 15 is 0 Å². The maximum absolute atomic E-state index is 6.47. The Labute approximate surface area is 189 Å². The van der Waals surface area contributed by atoms with Gasteiger partial charge in [0.1, 0.15) is 23.0 Å². The highest BCUT2D eigenvalue weighted by molar-refractivity contribution is 5.57. The predicted octanol–water partition coefficient (Wildman–Crippen LogP) is 6.98. The van der Waals surface area contributed by atoms with Crippen molar-refractivity contribution in [2.24, 2.45) is 23.7 Å². The fourth-order valence-corrected chi connectivity index (χ4v) is 6.77. The fraction of sp³-hybridized carbons (Fsp3) is 0.357. The minimum atomic E-state index is 0.554. The van der Waals surface area contributed by atoms with Crippen molar-refractivity contribution < 1.29 is 9.47 Å². The number of hydrogen-bond donors (Lipinski definition) is 2. The van der Waals surface area contributed by atoms with Gasteiger partial charge in [0.2, 0.25) is 0 Å². The highest BCUT2D eigenvalue weighted by atomic mass is 16.5. The van der Waals surface area contributed by atoms with Crippen LogP contribution in [0, 0.1) is 23.7 Å².